The Morgan fingerprint density at radius 2 is 1.97 bits per heavy atom. The molecule has 0 aliphatic carbocycles. The first-order valence-electron chi connectivity index (χ1n) is 10.1. The standard InChI is InChI=1S/C23H25N3O5/c1-15-5-4-6-18(11-15)30-10-9-21-24-22(31-25-21)16-13-26(14-16)23(27)19-8-7-17(28-2)12-20(19)29-3/h4-8,11-12,16H,9-10,13-14H2,1-3H3. The number of aryl methyl sites for hydroxylation is 1. The van der Waals surface area contributed by atoms with E-state index in [0.717, 1.165) is 11.3 Å². The number of carbonyl (C=O) groups excluding carboxylic acids is 1. The molecule has 0 unspecified atom stereocenters. The van der Waals surface area contributed by atoms with Crippen molar-refractivity contribution >= 4 is 5.91 Å². The topological polar surface area (TPSA) is 86.9 Å². The minimum absolute atomic E-state index is 0.0344. The highest BCUT2D eigenvalue weighted by atomic mass is 16.5. The molecule has 8 nitrogen and oxygen atoms in total. The molecule has 0 radical (unpaired) electrons. The van der Waals surface area contributed by atoms with Crippen molar-refractivity contribution in [1.82, 2.24) is 15.0 Å². The average molecular weight is 423 g/mol. The number of rotatable bonds is 8. The first-order valence-corrected chi connectivity index (χ1v) is 10.1. The highest BCUT2D eigenvalue weighted by Crippen LogP contribution is 2.31. The van der Waals surface area contributed by atoms with Gasteiger partial charge in [-0.2, -0.15) is 4.98 Å². The lowest BCUT2D eigenvalue weighted by atomic mass is 9.98. The fraction of sp³-hybridized carbons (Fsp3) is 0.348. The van der Waals surface area contributed by atoms with Gasteiger partial charge in [0.05, 0.1) is 32.3 Å². The van der Waals surface area contributed by atoms with E-state index in [9.17, 15) is 4.79 Å². The van der Waals surface area contributed by atoms with Crippen molar-refractivity contribution in [2.75, 3.05) is 33.9 Å². The maximum Gasteiger partial charge on any atom is 0.257 e. The van der Waals surface area contributed by atoms with Gasteiger partial charge in [0.15, 0.2) is 5.82 Å². The van der Waals surface area contributed by atoms with Gasteiger partial charge in [0, 0.05) is 25.6 Å². The molecule has 1 aliphatic rings. The summed E-state index contributed by atoms with van der Waals surface area (Å²) in [6.45, 7) is 3.54. The molecule has 3 aromatic rings. The molecule has 0 N–H and O–H groups in total. The Morgan fingerprint density at radius 3 is 2.71 bits per heavy atom. The second-order valence-electron chi connectivity index (χ2n) is 7.44. The lowest BCUT2D eigenvalue weighted by Crippen LogP contribution is -2.48. The predicted octanol–water partition coefficient (Wildman–Crippen LogP) is 3.26. The third-order valence-electron chi connectivity index (χ3n) is 5.22. The summed E-state index contributed by atoms with van der Waals surface area (Å²) in [5, 5.41) is 4.04. The summed E-state index contributed by atoms with van der Waals surface area (Å²) in [4.78, 5) is 19.0. The predicted molar refractivity (Wildman–Crippen MR) is 113 cm³/mol. The number of benzene rings is 2. The molecule has 1 aromatic heterocycles. The number of amides is 1. The van der Waals surface area contributed by atoms with E-state index in [0.29, 0.717) is 54.9 Å². The number of hydrogen-bond acceptors (Lipinski definition) is 7. The Balaban J connectivity index is 1.29. The molecule has 0 bridgehead atoms. The first kappa shape index (κ1) is 20.7. The molecular formula is C23H25N3O5. The minimum Gasteiger partial charge on any atom is -0.497 e. The van der Waals surface area contributed by atoms with Gasteiger partial charge >= 0.3 is 0 Å². The van der Waals surface area contributed by atoms with Crippen molar-refractivity contribution in [3.8, 4) is 17.2 Å². The van der Waals surface area contributed by atoms with Crippen LogP contribution in [0.5, 0.6) is 17.2 Å². The SMILES string of the molecule is COc1ccc(C(=O)N2CC(c3nc(CCOc4cccc(C)c4)no3)C2)c(OC)c1. The molecule has 0 saturated carbocycles. The Hall–Kier alpha value is -3.55. The maximum absolute atomic E-state index is 12.8. The maximum atomic E-state index is 12.8. The van der Waals surface area contributed by atoms with Gasteiger partial charge in [-0.15, -0.1) is 0 Å². The number of methoxy groups -OCH3 is 2. The Kier molecular flexibility index (Phi) is 6.06. The Bertz CT molecular complexity index is 1060. The van der Waals surface area contributed by atoms with Crippen LogP contribution >= 0.6 is 0 Å². The van der Waals surface area contributed by atoms with Crippen LogP contribution in [0.2, 0.25) is 0 Å². The van der Waals surface area contributed by atoms with E-state index in [2.05, 4.69) is 10.1 Å². The summed E-state index contributed by atoms with van der Waals surface area (Å²) < 4.78 is 21.7. The molecule has 2 aromatic carbocycles. The fourth-order valence-electron chi connectivity index (χ4n) is 3.45. The lowest BCUT2D eigenvalue weighted by Gasteiger charge is -2.37. The van der Waals surface area contributed by atoms with E-state index >= 15 is 0 Å². The van der Waals surface area contributed by atoms with Gasteiger partial charge in [-0.05, 0) is 36.8 Å². The summed E-state index contributed by atoms with van der Waals surface area (Å²) >= 11 is 0. The highest BCUT2D eigenvalue weighted by Gasteiger charge is 2.36. The number of ether oxygens (including phenoxy) is 3. The van der Waals surface area contributed by atoms with E-state index in [1.54, 1.807) is 30.2 Å². The van der Waals surface area contributed by atoms with E-state index < -0.39 is 0 Å². The zero-order valence-corrected chi connectivity index (χ0v) is 17.8. The van der Waals surface area contributed by atoms with E-state index in [-0.39, 0.29) is 11.8 Å². The second-order valence-corrected chi connectivity index (χ2v) is 7.44. The molecule has 1 aliphatic heterocycles. The molecule has 162 valence electrons. The van der Waals surface area contributed by atoms with Crippen LogP contribution in [0, 0.1) is 6.92 Å². The Labute approximate surface area is 180 Å². The Morgan fingerprint density at radius 1 is 1.13 bits per heavy atom. The number of carbonyl (C=O) groups is 1. The van der Waals surface area contributed by atoms with Crippen molar-refractivity contribution in [1.29, 1.82) is 0 Å². The van der Waals surface area contributed by atoms with Gasteiger partial charge in [-0.25, -0.2) is 0 Å². The van der Waals surface area contributed by atoms with Crippen LogP contribution in [0.3, 0.4) is 0 Å². The van der Waals surface area contributed by atoms with Crippen LogP contribution in [-0.2, 0) is 6.42 Å². The summed E-state index contributed by atoms with van der Waals surface area (Å²) in [5.41, 5.74) is 1.65. The van der Waals surface area contributed by atoms with Gasteiger partial charge in [-0.1, -0.05) is 17.3 Å². The number of hydrogen-bond donors (Lipinski definition) is 0. The van der Waals surface area contributed by atoms with Crippen LogP contribution in [0.4, 0.5) is 0 Å². The van der Waals surface area contributed by atoms with Crippen molar-refractivity contribution in [3.63, 3.8) is 0 Å². The van der Waals surface area contributed by atoms with Crippen molar-refractivity contribution in [2.24, 2.45) is 0 Å². The highest BCUT2D eigenvalue weighted by molar-refractivity contribution is 5.97. The zero-order chi connectivity index (χ0) is 21.8. The largest absolute Gasteiger partial charge is 0.497 e. The molecule has 2 heterocycles. The quantitative estimate of drug-likeness (QED) is 0.550. The minimum atomic E-state index is -0.0953. The lowest BCUT2D eigenvalue weighted by molar-refractivity contribution is 0.0566. The summed E-state index contributed by atoms with van der Waals surface area (Å²) in [6, 6.07) is 13.1. The zero-order valence-electron chi connectivity index (χ0n) is 17.8. The normalized spacial score (nSPS) is 13.6. The number of aromatic nitrogens is 2. The van der Waals surface area contributed by atoms with Gasteiger partial charge in [0.2, 0.25) is 5.89 Å². The first-order chi connectivity index (χ1) is 15.1. The molecule has 1 amide bonds. The fourth-order valence-corrected chi connectivity index (χ4v) is 3.45. The van der Waals surface area contributed by atoms with Gasteiger partial charge in [-0.3, -0.25) is 4.79 Å². The van der Waals surface area contributed by atoms with Crippen LogP contribution in [0.1, 0.15) is 33.6 Å². The third-order valence-corrected chi connectivity index (χ3v) is 5.22. The molecule has 8 heteroatoms. The summed E-state index contributed by atoms with van der Waals surface area (Å²) in [6.07, 6.45) is 0.551. The average Bonchev–Trinajstić information content (AvgIpc) is 3.20. The molecule has 4 rings (SSSR count). The van der Waals surface area contributed by atoms with Gasteiger partial charge in [0.1, 0.15) is 17.2 Å². The summed E-state index contributed by atoms with van der Waals surface area (Å²) in [5.74, 6) is 3.04. The molecule has 0 spiro atoms. The number of nitrogens with zero attached hydrogens (tertiary/aromatic N) is 3. The van der Waals surface area contributed by atoms with Crippen LogP contribution in [0.25, 0.3) is 0 Å². The van der Waals surface area contributed by atoms with Crippen molar-refractivity contribution in [2.45, 2.75) is 19.3 Å². The van der Waals surface area contributed by atoms with Crippen LogP contribution in [0.15, 0.2) is 47.0 Å². The smallest absolute Gasteiger partial charge is 0.257 e. The van der Waals surface area contributed by atoms with E-state index in [1.165, 1.54) is 7.11 Å². The summed E-state index contributed by atoms with van der Waals surface area (Å²) in [7, 11) is 3.11. The van der Waals surface area contributed by atoms with E-state index in [4.69, 9.17) is 18.7 Å². The molecular weight excluding hydrogens is 398 g/mol. The van der Waals surface area contributed by atoms with Gasteiger partial charge in [0.25, 0.3) is 5.91 Å². The second kappa shape index (κ2) is 9.07. The van der Waals surface area contributed by atoms with Crippen LogP contribution < -0.4 is 14.2 Å². The molecule has 0 atom stereocenters. The van der Waals surface area contributed by atoms with Crippen molar-refractivity contribution in [3.05, 3.63) is 65.3 Å². The molecule has 31 heavy (non-hydrogen) atoms. The molecule has 1 saturated heterocycles. The van der Waals surface area contributed by atoms with Gasteiger partial charge < -0.3 is 23.6 Å². The van der Waals surface area contributed by atoms with E-state index in [1.807, 2.05) is 31.2 Å². The molecule has 1 fully saturated rings. The van der Waals surface area contributed by atoms with Crippen molar-refractivity contribution < 1.29 is 23.5 Å². The van der Waals surface area contributed by atoms with Crippen LogP contribution in [-0.4, -0.2) is 54.9 Å². The monoisotopic (exact) mass is 423 g/mol. The third kappa shape index (κ3) is 4.63. The number of likely N-dealkylation sites (tertiary alicyclic amines) is 1.